The average Bonchev–Trinajstić information content (AvgIpc) is 4.04. The molecule has 2 rings (SSSR count). The number of halogens is 3. The molecule has 13 nitrogen and oxygen atoms in total. The molecule has 0 amide bonds. The molecule has 2 atom stereocenters. The minimum atomic E-state index is -4.69. The van der Waals surface area contributed by atoms with Gasteiger partial charge in [-0.3, -0.25) is 0 Å². The van der Waals surface area contributed by atoms with Crippen LogP contribution in [0, 0.1) is 0 Å². The van der Waals surface area contributed by atoms with Gasteiger partial charge in [0.1, 0.15) is 17.3 Å². The molecule has 0 aromatic carbocycles. The van der Waals surface area contributed by atoms with Gasteiger partial charge >= 0.3 is 24.1 Å². The standard InChI is InChI=1S/C5H5F3O2.C5H10O2.C5H8O2.C4H8O2.C4H6O2.2C4H8O.C3H6O/c1-3(4(9)10-2)5(6,7)8;1-5(3-6-2)4-7-5;1-4(2)5(6)7-3;1-5-2-4-3-6-4;1-3-4(5)6-2;2*1-3-4-5-2;1-3-4-2/h1H2,2H3;3-4H2,1-2H3;1H2,2-3H3;4H,2-3H2,1H3;3H,1H2,2H3;3-4H,1-2H3;3H,1,4H2,2H3;3H,1H2,2H3/b;;;;;4-3+;;. The van der Waals surface area contributed by atoms with Gasteiger partial charge in [0, 0.05) is 33.0 Å². The molecule has 0 radical (unpaired) electrons. The van der Waals surface area contributed by atoms with Crippen LogP contribution in [0.3, 0.4) is 0 Å². The van der Waals surface area contributed by atoms with E-state index in [2.05, 4.69) is 61.3 Å². The number of carbonyl (C=O) groups excluding carboxylic acids is 3. The molecule has 0 spiro atoms. The van der Waals surface area contributed by atoms with Gasteiger partial charge in [0.05, 0.1) is 81.1 Å². The number of hydrogen-bond donors (Lipinski definition) is 0. The van der Waals surface area contributed by atoms with Crippen LogP contribution in [0.1, 0.15) is 20.8 Å². The van der Waals surface area contributed by atoms with E-state index >= 15 is 0 Å². The van der Waals surface area contributed by atoms with Crippen LogP contribution >= 0.6 is 0 Å². The minimum absolute atomic E-state index is 0.0781. The number of allylic oxidation sites excluding steroid dienone is 1. The van der Waals surface area contributed by atoms with Crippen LogP contribution in [0.5, 0.6) is 0 Å². The van der Waals surface area contributed by atoms with Gasteiger partial charge in [0.25, 0.3) is 0 Å². The van der Waals surface area contributed by atoms with E-state index in [0.29, 0.717) is 18.3 Å². The Balaban J connectivity index is -0.000000112. The van der Waals surface area contributed by atoms with E-state index in [0.717, 1.165) is 39.6 Å². The predicted molar refractivity (Wildman–Crippen MR) is 185 cm³/mol. The topological polar surface area (TPSA) is 150 Å². The number of rotatable bonds is 11. The summed E-state index contributed by atoms with van der Waals surface area (Å²) >= 11 is 0. The lowest BCUT2D eigenvalue weighted by Gasteiger charge is -2.05. The van der Waals surface area contributed by atoms with Crippen LogP contribution < -0.4 is 0 Å². The Morgan fingerprint density at radius 2 is 1.34 bits per heavy atom. The summed E-state index contributed by atoms with van der Waals surface area (Å²) in [5.74, 6) is -2.19. The average molecular weight is 733 g/mol. The Hall–Kier alpha value is -3.96. The zero-order chi connectivity index (χ0) is 40.6. The summed E-state index contributed by atoms with van der Waals surface area (Å²) < 4.78 is 79.5. The van der Waals surface area contributed by atoms with Crippen LogP contribution in [0.15, 0.2) is 74.8 Å². The zero-order valence-electron chi connectivity index (χ0n) is 31.5. The summed E-state index contributed by atoms with van der Waals surface area (Å²) in [5.41, 5.74) is -0.980. The molecule has 0 bridgehead atoms. The van der Waals surface area contributed by atoms with Gasteiger partial charge in [-0.05, 0) is 20.8 Å². The summed E-state index contributed by atoms with van der Waals surface area (Å²) in [6.45, 7) is 25.1. The van der Waals surface area contributed by atoms with Crippen molar-refractivity contribution in [2.24, 2.45) is 0 Å². The Kier molecular flexibility index (Phi) is 48.0. The number of methoxy groups -OCH3 is 8. The summed E-state index contributed by atoms with van der Waals surface area (Å²) in [4.78, 5) is 30.1. The molecule has 0 saturated carbocycles. The largest absolute Gasteiger partial charge is 0.505 e. The second-order valence-corrected chi connectivity index (χ2v) is 8.90. The van der Waals surface area contributed by atoms with E-state index < -0.39 is 23.7 Å². The normalized spacial score (nSPS) is 15.2. The quantitative estimate of drug-likeness (QED) is 0.0651. The first kappa shape index (κ1) is 58.3. The lowest BCUT2D eigenvalue weighted by atomic mass is 10.2. The molecule has 2 aliphatic rings. The molecule has 2 fully saturated rings. The molecule has 0 aromatic rings. The zero-order valence-corrected chi connectivity index (χ0v) is 31.5. The maximum atomic E-state index is 11.5. The highest BCUT2D eigenvalue weighted by atomic mass is 19.4. The second kappa shape index (κ2) is 41.2. The first-order chi connectivity index (χ1) is 23.3. The second-order valence-electron chi connectivity index (χ2n) is 8.90. The van der Waals surface area contributed by atoms with Crippen LogP contribution in [0.2, 0.25) is 0 Å². The Morgan fingerprint density at radius 3 is 1.40 bits per heavy atom. The lowest BCUT2D eigenvalue weighted by Crippen LogP contribution is -2.19. The maximum absolute atomic E-state index is 11.5. The summed E-state index contributed by atoms with van der Waals surface area (Å²) in [6.07, 6.45) is 3.39. The molecule has 0 N–H and O–H groups in total. The van der Waals surface area contributed by atoms with Crippen molar-refractivity contribution in [2.45, 2.75) is 38.7 Å². The number of hydrogen-bond acceptors (Lipinski definition) is 13. The fourth-order valence-corrected chi connectivity index (χ4v) is 1.61. The van der Waals surface area contributed by atoms with Gasteiger partial charge in [-0.25, -0.2) is 14.4 Å². The van der Waals surface area contributed by atoms with Crippen LogP contribution in [-0.2, 0) is 61.8 Å². The van der Waals surface area contributed by atoms with Crippen LogP contribution in [-0.4, -0.2) is 126 Å². The SMILES string of the molecule is C/C=C/OC.C=C(C(=O)OC)C(F)(F)F.C=C(C)C(=O)OC.C=CC(=O)OC.C=CCOC.C=COC.COCC1(C)CO1.COCC1CO1. The molecule has 2 saturated heterocycles. The number of alkyl halides is 3. The highest BCUT2D eigenvalue weighted by Gasteiger charge is 2.39. The summed E-state index contributed by atoms with van der Waals surface area (Å²) in [6, 6.07) is 0. The monoisotopic (exact) mass is 732 g/mol. The van der Waals surface area contributed by atoms with Crippen molar-refractivity contribution in [3.8, 4) is 0 Å². The smallest absolute Gasteiger partial charge is 0.422 e. The van der Waals surface area contributed by atoms with Crippen LogP contribution in [0.25, 0.3) is 0 Å². The molecule has 16 heteroatoms. The highest BCUT2D eigenvalue weighted by Crippen LogP contribution is 2.25. The van der Waals surface area contributed by atoms with Gasteiger partial charge in [-0.1, -0.05) is 38.5 Å². The molecule has 2 unspecified atom stereocenters. The number of carbonyl (C=O) groups is 3. The van der Waals surface area contributed by atoms with E-state index in [-0.39, 0.29) is 11.6 Å². The van der Waals surface area contributed by atoms with Crippen molar-refractivity contribution in [3.05, 3.63) is 74.8 Å². The van der Waals surface area contributed by atoms with Gasteiger partial charge in [-0.2, -0.15) is 13.2 Å². The molecule has 294 valence electrons. The van der Waals surface area contributed by atoms with E-state index in [1.807, 2.05) is 19.9 Å². The third-order valence-corrected chi connectivity index (χ3v) is 4.24. The predicted octanol–water partition coefficient (Wildman–Crippen LogP) is 5.57. The van der Waals surface area contributed by atoms with E-state index in [4.69, 9.17) is 18.9 Å². The van der Waals surface area contributed by atoms with Crippen molar-refractivity contribution in [2.75, 3.05) is 89.9 Å². The first-order valence-corrected chi connectivity index (χ1v) is 14.2. The van der Waals surface area contributed by atoms with Crippen LogP contribution in [0.4, 0.5) is 13.2 Å². The third kappa shape index (κ3) is 56.4. The van der Waals surface area contributed by atoms with E-state index in [1.165, 1.54) is 20.5 Å². The first-order valence-electron chi connectivity index (χ1n) is 14.2. The highest BCUT2D eigenvalue weighted by molar-refractivity contribution is 5.89. The van der Waals surface area contributed by atoms with Crippen molar-refractivity contribution in [1.82, 2.24) is 0 Å². The van der Waals surface area contributed by atoms with E-state index in [9.17, 15) is 27.6 Å². The van der Waals surface area contributed by atoms with Gasteiger partial charge in [0.2, 0.25) is 0 Å². The minimum Gasteiger partial charge on any atom is -0.505 e. The van der Waals surface area contributed by atoms with Gasteiger partial charge in [-0.15, -0.1) is 6.58 Å². The maximum Gasteiger partial charge on any atom is 0.422 e. The Bertz CT molecular complexity index is 926. The van der Waals surface area contributed by atoms with Crippen molar-refractivity contribution in [1.29, 1.82) is 0 Å². The molecule has 0 aromatic heterocycles. The van der Waals surface area contributed by atoms with Crippen molar-refractivity contribution >= 4 is 17.9 Å². The summed E-state index contributed by atoms with van der Waals surface area (Å²) in [5, 5.41) is 0. The fraction of sp³-hybridized carbons (Fsp3) is 0.559. The molecule has 50 heavy (non-hydrogen) atoms. The van der Waals surface area contributed by atoms with E-state index in [1.54, 1.807) is 54.8 Å². The number of epoxide rings is 2. The Labute approximate surface area is 296 Å². The van der Waals surface area contributed by atoms with Crippen molar-refractivity contribution < 1.29 is 74.9 Å². The molecule has 2 aliphatic heterocycles. The number of ether oxygens (including phenoxy) is 10. The summed E-state index contributed by atoms with van der Waals surface area (Å²) in [7, 11) is 11.7. The lowest BCUT2D eigenvalue weighted by molar-refractivity contribution is -0.148. The molecule has 2 heterocycles. The van der Waals surface area contributed by atoms with Gasteiger partial charge in [0.15, 0.2) is 0 Å². The third-order valence-electron chi connectivity index (χ3n) is 4.24. The van der Waals surface area contributed by atoms with Gasteiger partial charge < -0.3 is 47.4 Å². The molecule has 0 aliphatic carbocycles. The Morgan fingerprint density at radius 1 is 0.860 bits per heavy atom. The fourth-order valence-electron chi connectivity index (χ4n) is 1.61. The number of esters is 3. The molecular formula is C34H59F3O13. The van der Waals surface area contributed by atoms with Crippen molar-refractivity contribution in [3.63, 3.8) is 0 Å². The molecular weight excluding hydrogens is 673 g/mol.